The summed E-state index contributed by atoms with van der Waals surface area (Å²) in [5, 5.41) is 8.45. The topological polar surface area (TPSA) is 29.9 Å². The molecule has 0 unspecified atom stereocenters. The maximum absolute atomic E-state index is 6.20. The Morgan fingerprint density at radius 2 is 2.06 bits per heavy atom. The smallest absolute Gasteiger partial charge is 0.0860 e. The Balaban J connectivity index is 1.96. The van der Waals surface area contributed by atoms with Gasteiger partial charge in [0.2, 0.25) is 0 Å². The molecule has 0 spiro atoms. The second-order valence-corrected chi connectivity index (χ2v) is 4.94. The van der Waals surface area contributed by atoms with Crippen molar-refractivity contribution in [1.82, 2.24) is 15.1 Å². The summed E-state index contributed by atoms with van der Waals surface area (Å²) in [4.78, 5) is 0. The molecule has 0 aliphatic heterocycles. The van der Waals surface area contributed by atoms with Gasteiger partial charge in [0, 0.05) is 20.1 Å². The zero-order valence-corrected chi connectivity index (χ0v) is 11.8. The van der Waals surface area contributed by atoms with E-state index in [0.29, 0.717) is 0 Å². The first kappa shape index (κ1) is 13.1. The molecule has 4 heteroatoms. The van der Waals surface area contributed by atoms with Crippen molar-refractivity contribution >= 4 is 11.6 Å². The molecule has 1 heterocycles. The summed E-state index contributed by atoms with van der Waals surface area (Å²) in [7, 11) is 1.92. The van der Waals surface area contributed by atoms with Crippen molar-refractivity contribution in [2.45, 2.75) is 26.9 Å². The van der Waals surface area contributed by atoms with Crippen LogP contribution in [0.25, 0.3) is 0 Å². The summed E-state index contributed by atoms with van der Waals surface area (Å²) in [5.74, 6) is 0. The zero-order chi connectivity index (χ0) is 13.1. The van der Waals surface area contributed by atoms with Crippen molar-refractivity contribution in [3.8, 4) is 0 Å². The minimum Gasteiger partial charge on any atom is -0.307 e. The highest BCUT2D eigenvalue weighted by Gasteiger charge is 2.09. The van der Waals surface area contributed by atoms with Gasteiger partial charge in [0.05, 0.1) is 16.4 Å². The number of aromatic nitrogens is 2. The molecule has 18 heavy (non-hydrogen) atoms. The van der Waals surface area contributed by atoms with Crippen LogP contribution in [-0.4, -0.2) is 9.78 Å². The van der Waals surface area contributed by atoms with Crippen LogP contribution in [0.15, 0.2) is 24.3 Å². The molecule has 0 fully saturated rings. The summed E-state index contributed by atoms with van der Waals surface area (Å²) in [5.41, 5.74) is 4.47. The van der Waals surface area contributed by atoms with E-state index in [2.05, 4.69) is 41.6 Å². The number of hydrogen-bond donors (Lipinski definition) is 1. The Morgan fingerprint density at radius 3 is 2.67 bits per heavy atom. The van der Waals surface area contributed by atoms with Gasteiger partial charge in [-0.15, -0.1) is 0 Å². The number of halogens is 1. The molecule has 96 valence electrons. The standard InChI is InChI=1S/C14H18ClN3/c1-10-5-4-6-12(7-10)8-16-9-13-14(15)11(2)17-18(13)3/h4-7,16H,8-9H2,1-3H3. The molecule has 0 aliphatic carbocycles. The maximum Gasteiger partial charge on any atom is 0.0860 e. The third kappa shape index (κ3) is 2.92. The first-order valence-corrected chi connectivity index (χ1v) is 6.40. The zero-order valence-electron chi connectivity index (χ0n) is 11.0. The summed E-state index contributed by atoms with van der Waals surface area (Å²) in [6.07, 6.45) is 0. The number of aryl methyl sites for hydroxylation is 3. The molecule has 0 atom stereocenters. The van der Waals surface area contributed by atoms with Gasteiger partial charge < -0.3 is 5.32 Å². The molecule has 1 aromatic heterocycles. The van der Waals surface area contributed by atoms with Crippen LogP contribution in [0.4, 0.5) is 0 Å². The van der Waals surface area contributed by atoms with Crippen LogP contribution in [-0.2, 0) is 20.1 Å². The number of hydrogen-bond acceptors (Lipinski definition) is 2. The molecule has 0 saturated carbocycles. The molecule has 0 radical (unpaired) electrons. The van der Waals surface area contributed by atoms with Gasteiger partial charge in [0.25, 0.3) is 0 Å². The van der Waals surface area contributed by atoms with Crippen molar-refractivity contribution in [2.24, 2.45) is 7.05 Å². The molecular weight excluding hydrogens is 246 g/mol. The normalized spacial score (nSPS) is 10.9. The van der Waals surface area contributed by atoms with Crippen molar-refractivity contribution in [3.63, 3.8) is 0 Å². The summed E-state index contributed by atoms with van der Waals surface area (Å²) in [6, 6.07) is 8.48. The third-order valence-corrected chi connectivity index (χ3v) is 3.46. The van der Waals surface area contributed by atoms with Gasteiger partial charge in [0.15, 0.2) is 0 Å². The fourth-order valence-electron chi connectivity index (χ4n) is 2.02. The second kappa shape index (κ2) is 5.55. The van der Waals surface area contributed by atoms with Crippen molar-refractivity contribution in [1.29, 1.82) is 0 Å². The minimum atomic E-state index is 0.726. The van der Waals surface area contributed by atoms with Gasteiger partial charge in [0.1, 0.15) is 0 Å². The van der Waals surface area contributed by atoms with E-state index in [0.717, 1.165) is 29.5 Å². The summed E-state index contributed by atoms with van der Waals surface area (Å²) >= 11 is 6.20. The Morgan fingerprint density at radius 1 is 1.28 bits per heavy atom. The monoisotopic (exact) mass is 263 g/mol. The Labute approximate surface area is 113 Å². The van der Waals surface area contributed by atoms with Gasteiger partial charge in [-0.3, -0.25) is 4.68 Å². The first-order valence-electron chi connectivity index (χ1n) is 6.02. The second-order valence-electron chi connectivity index (χ2n) is 4.56. The van der Waals surface area contributed by atoms with Crippen LogP contribution in [0.5, 0.6) is 0 Å². The van der Waals surface area contributed by atoms with Crippen molar-refractivity contribution in [3.05, 3.63) is 51.8 Å². The minimum absolute atomic E-state index is 0.726. The van der Waals surface area contributed by atoms with Gasteiger partial charge in [-0.25, -0.2) is 0 Å². The molecular formula is C14H18ClN3. The van der Waals surface area contributed by atoms with Gasteiger partial charge in [-0.2, -0.15) is 5.10 Å². The molecule has 0 aliphatic rings. The number of nitrogens with zero attached hydrogens (tertiary/aromatic N) is 2. The highest BCUT2D eigenvalue weighted by molar-refractivity contribution is 6.31. The van der Waals surface area contributed by atoms with Crippen LogP contribution < -0.4 is 5.32 Å². The van der Waals surface area contributed by atoms with E-state index in [1.54, 1.807) is 0 Å². The fraction of sp³-hybridized carbons (Fsp3) is 0.357. The van der Waals surface area contributed by atoms with E-state index in [1.807, 2.05) is 18.7 Å². The van der Waals surface area contributed by atoms with Gasteiger partial charge in [-0.1, -0.05) is 41.4 Å². The summed E-state index contributed by atoms with van der Waals surface area (Å²) < 4.78 is 1.83. The number of nitrogens with one attached hydrogen (secondary N) is 1. The van der Waals surface area contributed by atoms with Crippen LogP contribution in [0.1, 0.15) is 22.5 Å². The first-order chi connectivity index (χ1) is 8.58. The lowest BCUT2D eigenvalue weighted by Crippen LogP contribution is -2.15. The average Bonchev–Trinajstić information content (AvgIpc) is 2.56. The maximum atomic E-state index is 6.20. The lowest BCUT2D eigenvalue weighted by atomic mass is 10.1. The highest BCUT2D eigenvalue weighted by atomic mass is 35.5. The predicted molar refractivity (Wildman–Crippen MR) is 74.7 cm³/mol. The number of rotatable bonds is 4. The largest absolute Gasteiger partial charge is 0.307 e. The van der Waals surface area contributed by atoms with Gasteiger partial charge in [-0.05, 0) is 19.4 Å². The lowest BCUT2D eigenvalue weighted by molar-refractivity contribution is 0.624. The van der Waals surface area contributed by atoms with Crippen LogP contribution in [0, 0.1) is 13.8 Å². The Hall–Kier alpha value is -1.32. The van der Waals surface area contributed by atoms with E-state index in [-0.39, 0.29) is 0 Å². The molecule has 1 aromatic carbocycles. The van der Waals surface area contributed by atoms with Crippen LogP contribution >= 0.6 is 11.6 Å². The quantitative estimate of drug-likeness (QED) is 0.919. The van der Waals surface area contributed by atoms with Crippen LogP contribution in [0.3, 0.4) is 0 Å². The molecule has 0 saturated heterocycles. The fourth-order valence-corrected chi connectivity index (χ4v) is 2.25. The molecule has 1 N–H and O–H groups in total. The van der Waals surface area contributed by atoms with E-state index in [9.17, 15) is 0 Å². The van der Waals surface area contributed by atoms with Crippen LogP contribution in [0.2, 0.25) is 5.02 Å². The average molecular weight is 264 g/mol. The lowest BCUT2D eigenvalue weighted by Gasteiger charge is -2.06. The van der Waals surface area contributed by atoms with Gasteiger partial charge >= 0.3 is 0 Å². The SMILES string of the molecule is Cc1cccc(CNCc2c(Cl)c(C)nn2C)c1. The Bertz CT molecular complexity index is 546. The third-order valence-electron chi connectivity index (χ3n) is 2.97. The molecule has 2 aromatic rings. The van der Waals surface area contributed by atoms with E-state index < -0.39 is 0 Å². The molecule has 2 rings (SSSR count). The highest BCUT2D eigenvalue weighted by Crippen LogP contribution is 2.19. The summed E-state index contributed by atoms with van der Waals surface area (Å²) in [6.45, 7) is 5.59. The molecule has 0 bridgehead atoms. The van der Waals surface area contributed by atoms with Crippen molar-refractivity contribution in [2.75, 3.05) is 0 Å². The van der Waals surface area contributed by atoms with E-state index >= 15 is 0 Å². The van der Waals surface area contributed by atoms with Crippen molar-refractivity contribution < 1.29 is 0 Å². The molecule has 0 amide bonds. The predicted octanol–water partition coefficient (Wildman–Crippen LogP) is 2.98. The van der Waals surface area contributed by atoms with E-state index in [1.165, 1.54) is 11.1 Å². The Kier molecular flexibility index (Phi) is 4.04. The molecule has 3 nitrogen and oxygen atoms in total. The number of benzene rings is 1. The van der Waals surface area contributed by atoms with E-state index in [4.69, 9.17) is 11.6 Å².